The van der Waals surface area contributed by atoms with Gasteiger partial charge in [0.05, 0.1) is 0 Å². The molecule has 2 heterocycles. The monoisotopic (exact) mass is 394 g/mol. The summed E-state index contributed by atoms with van der Waals surface area (Å²) in [6.07, 6.45) is 1.89. The Labute approximate surface area is 162 Å². The third-order valence-corrected chi connectivity index (χ3v) is 5.37. The van der Waals surface area contributed by atoms with E-state index in [0.29, 0.717) is 49.5 Å². The largest absolute Gasteiger partial charge is 0.480 e. The molecule has 8 heteroatoms. The van der Waals surface area contributed by atoms with Crippen LogP contribution < -0.4 is 4.74 Å². The Balaban J connectivity index is 1.62. The van der Waals surface area contributed by atoms with Gasteiger partial charge in [-0.25, -0.2) is 0 Å². The van der Waals surface area contributed by atoms with Gasteiger partial charge in [0.25, 0.3) is 5.91 Å². The number of hydrogen-bond acceptors (Lipinski definition) is 4. The molecule has 0 aliphatic carbocycles. The molecule has 1 saturated heterocycles. The molecule has 0 aromatic heterocycles. The lowest BCUT2D eigenvalue weighted by Gasteiger charge is -2.29. The Hall–Kier alpha value is -2.28. The minimum atomic E-state index is -1.03. The van der Waals surface area contributed by atoms with Gasteiger partial charge >= 0.3 is 5.97 Å². The van der Waals surface area contributed by atoms with Crippen molar-refractivity contribution >= 4 is 29.4 Å². The molecule has 2 aliphatic heterocycles. The van der Waals surface area contributed by atoms with Crippen LogP contribution in [0.3, 0.4) is 0 Å². The van der Waals surface area contributed by atoms with Gasteiger partial charge in [0.2, 0.25) is 5.91 Å². The van der Waals surface area contributed by atoms with Gasteiger partial charge in [-0.15, -0.1) is 0 Å². The number of halogens is 1. The fraction of sp³-hybridized carbons (Fsp3) is 0.526. The maximum Gasteiger partial charge on any atom is 0.323 e. The molecular weight excluding hydrogens is 372 g/mol. The van der Waals surface area contributed by atoms with Gasteiger partial charge in [-0.3, -0.25) is 14.4 Å². The van der Waals surface area contributed by atoms with Crippen LogP contribution in [0.5, 0.6) is 5.75 Å². The lowest BCUT2D eigenvalue weighted by atomic mass is 10.1. The molecule has 146 valence electrons. The van der Waals surface area contributed by atoms with Crippen molar-refractivity contribution in [1.29, 1.82) is 0 Å². The highest BCUT2D eigenvalue weighted by Crippen LogP contribution is 2.32. The van der Waals surface area contributed by atoms with Crippen molar-refractivity contribution in [2.24, 2.45) is 0 Å². The van der Waals surface area contributed by atoms with Gasteiger partial charge in [-0.1, -0.05) is 11.6 Å². The van der Waals surface area contributed by atoms with Crippen molar-refractivity contribution in [3.63, 3.8) is 0 Å². The number of amides is 2. The summed E-state index contributed by atoms with van der Waals surface area (Å²) in [6, 6.07) is 5.17. The minimum absolute atomic E-state index is 0.0735. The highest BCUT2D eigenvalue weighted by Gasteiger charge is 2.34. The van der Waals surface area contributed by atoms with Crippen molar-refractivity contribution in [3.8, 4) is 5.75 Å². The van der Waals surface area contributed by atoms with Crippen molar-refractivity contribution in [2.75, 3.05) is 19.6 Å². The molecule has 0 bridgehead atoms. The number of hydrogen-bond donors (Lipinski definition) is 1. The van der Waals surface area contributed by atoms with Crippen LogP contribution in [0, 0.1) is 0 Å². The van der Waals surface area contributed by atoms with Crippen LogP contribution in [0.25, 0.3) is 0 Å². The van der Waals surface area contributed by atoms with E-state index in [-0.39, 0.29) is 24.4 Å². The molecule has 1 aromatic rings. The van der Waals surface area contributed by atoms with Crippen molar-refractivity contribution in [3.05, 3.63) is 28.8 Å². The Kier molecular flexibility index (Phi) is 5.89. The molecule has 2 aliphatic rings. The summed E-state index contributed by atoms with van der Waals surface area (Å²) < 4.78 is 5.79. The maximum atomic E-state index is 12.9. The number of ether oxygens (including phenoxy) is 1. The zero-order valence-electron chi connectivity index (χ0n) is 15.2. The zero-order chi connectivity index (χ0) is 19.6. The number of rotatable bonds is 4. The summed E-state index contributed by atoms with van der Waals surface area (Å²) in [5.41, 5.74) is 0.928. The number of benzene rings is 1. The van der Waals surface area contributed by atoms with E-state index in [1.165, 1.54) is 11.8 Å². The zero-order valence-corrected chi connectivity index (χ0v) is 15.9. The summed E-state index contributed by atoms with van der Waals surface area (Å²) in [7, 11) is 0. The van der Waals surface area contributed by atoms with Gasteiger partial charge in [-0.05, 0) is 43.0 Å². The predicted octanol–water partition coefficient (Wildman–Crippen LogP) is 1.96. The van der Waals surface area contributed by atoms with E-state index >= 15 is 0 Å². The summed E-state index contributed by atoms with van der Waals surface area (Å²) in [6.45, 7) is 2.12. The average molecular weight is 395 g/mol. The molecule has 2 unspecified atom stereocenters. The van der Waals surface area contributed by atoms with Crippen molar-refractivity contribution < 1.29 is 24.2 Å². The molecular formula is C19H23ClN2O5. The predicted molar refractivity (Wildman–Crippen MR) is 98.8 cm³/mol. The Bertz CT molecular complexity index is 754. The number of nitrogens with zero attached hydrogens (tertiary/aromatic N) is 2. The second-order valence-corrected chi connectivity index (χ2v) is 7.45. The molecule has 1 aromatic carbocycles. The quantitative estimate of drug-likeness (QED) is 0.843. The lowest BCUT2D eigenvalue weighted by molar-refractivity contribution is -0.145. The molecule has 1 N–H and O–H groups in total. The van der Waals surface area contributed by atoms with Crippen LogP contribution >= 0.6 is 11.6 Å². The second kappa shape index (κ2) is 8.17. The van der Waals surface area contributed by atoms with Crippen molar-refractivity contribution in [1.82, 2.24) is 9.80 Å². The molecule has 0 saturated carbocycles. The molecule has 2 amide bonds. The molecule has 0 radical (unpaired) electrons. The second-order valence-electron chi connectivity index (χ2n) is 7.01. The van der Waals surface area contributed by atoms with E-state index in [1.807, 2.05) is 6.07 Å². The fourth-order valence-corrected chi connectivity index (χ4v) is 4.01. The van der Waals surface area contributed by atoms with Gasteiger partial charge in [0.1, 0.15) is 12.3 Å². The number of carbonyl (C=O) groups is 3. The Morgan fingerprint density at radius 1 is 1.30 bits per heavy atom. The Morgan fingerprint density at radius 2 is 2.07 bits per heavy atom. The number of fused-ring (bicyclic) bond motifs is 1. The first-order valence-electron chi connectivity index (χ1n) is 9.08. The SMILES string of the molecule is CC(=O)N(CC(=O)O)C1CCCN(C(=O)C2Cc3cc(Cl)ccc3O2)CC1. The van der Waals surface area contributed by atoms with Crippen LogP contribution in [0.2, 0.25) is 5.02 Å². The summed E-state index contributed by atoms with van der Waals surface area (Å²) in [5.74, 6) is -0.669. The van der Waals surface area contributed by atoms with Crippen LogP contribution in [-0.2, 0) is 20.8 Å². The number of carboxylic acid groups (broad SMARTS) is 1. The molecule has 2 atom stereocenters. The van der Waals surface area contributed by atoms with Crippen molar-refractivity contribution in [2.45, 2.75) is 44.8 Å². The van der Waals surface area contributed by atoms with Crippen LogP contribution in [0.4, 0.5) is 0 Å². The van der Waals surface area contributed by atoms with E-state index in [0.717, 1.165) is 5.56 Å². The van der Waals surface area contributed by atoms with E-state index in [4.69, 9.17) is 21.4 Å². The standard InChI is InChI=1S/C19H23ClN2O5/c1-12(23)22(11-18(24)25)15-3-2-7-21(8-6-15)19(26)17-10-13-9-14(20)4-5-16(13)27-17/h4-5,9,15,17H,2-3,6-8,10-11H2,1H3,(H,24,25). The summed E-state index contributed by atoms with van der Waals surface area (Å²) in [5, 5.41) is 9.65. The lowest BCUT2D eigenvalue weighted by Crippen LogP contribution is -2.44. The first-order chi connectivity index (χ1) is 12.8. The van der Waals surface area contributed by atoms with Crippen LogP contribution in [-0.4, -0.2) is 64.5 Å². The normalized spacial score (nSPS) is 21.8. The number of carbonyl (C=O) groups excluding carboxylic acids is 2. The van der Waals surface area contributed by atoms with Gasteiger partial charge in [0, 0.05) is 37.5 Å². The number of likely N-dealkylation sites (tertiary alicyclic amines) is 1. The smallest absolute Gasteiger partial charge is 0.323 e. The topological polar surface area (TPSA) is 87.2 Å². The number of aliphatic carboxylic acids is 1. The molecule has 1 fully saturated rings. The number of carboxylic acids is 1. The van der Waals surface area contributed by atoms with E-state index in [2.05, 4.69) is 0 Å². The van der Waals surface area contributed by atoms with E-state index in [1.54, 1.807) is 17.0 Å². The third kappa shape index (κ3) is 4.53. The Morgan fingerprint density at radius 3 is 2.78 bits per heavy atom. The summed E-state index contributed by atoms with van der Waals surface area (Å²) in [4.78, 5) is 38.9. The molecule has 3 rings (SSSR count). The molecule has 7 nitrogen and oxygen atoms in total. The fourth-order valence-electron chi connectivity index (χ4n) is 3.81. The maximum absolute atomic E-state index is 12.9. The van der Waals surface area contributed by atoms with Crippen LogP contribution in [0.1, 0.15) is 31.7 Å². The summed E-state index contributed by atoms with van der Waals surface area (Å²) >= 11 is 6.00. The highest BCUT2D eigenvalue weighted by molar-refractivity contribution is 6.30. The average Bonchev–Trinajstić information content (AvgIpc) is 2.87. The molecule has 27 heavy (non-hydrogen) atoms. The van der Waals surface area contributed by atoms with Gasteiger partial charge in [-0.2, -0.15) is 0 Å². The highest BCUT2D eigenvalue weighted by atomic mass is 35.5. The first kappa shape index (κ1) is 19.5. The minimum Gasteiger partial charge on any atom is -0.480 e. The van der Waals surface area contributed by atoms with Gasteiger partial charge in [0.15, 0.2) is 6.10 Å². The van der Waals surface area contributed by atoms with E-state index in [9.17, 15) is 14.4 Å². The third-order valence-electron chi connectivity index (χ3n) is 5.13. The first-order valence-corrected chi connectivity index (χ1v) is 9.46. The van der Waals surface area contributed by atoms with E-state index < -0.39 is 12.1 Å². The van der Waals surface area contributed by atoms with Crippen LogP contribution in [0.15, 0.2) is 18.2 Å². The molecule has 0 spiro atoms. The van der Waals surface area contributed by atoms with Gasteiger partial charge < -0.3 is 19.6 Å².